The summed E-state index contributed by atoms with van der Waals surface area (Å²) in [5.41, 5.74) is 0.499. The number of nitrogens with zero attached hydrogens (tertiary/aromatic N) is 1. The number of aliphatic carboxylic acids is 1. The van der Waals surface area contributed by atoms with Crippen LogP contribution in [0.2, 0.25) is 0 Å². The number of methoxy groups -OCH3 is 1. The number of rotatable bonds is 6. The number of nitrogens with one attached hydrogen (secondary N) is 1. The fraction of sp³-hybridized carbons (Fsp3) is 0.235. The molecule has 0 aliphatic heterocycles. The molecule has 0 aliphatic carbocycles. The number of carboxylic acid groups (broad SMARTS) is 1. The summed E-state index contributed by atoms with van der Waals surface area (Å²) < 4.78 is 6.41. The van der Waals surface area contributed by atoms with Crippen molar-refractivity contribution in [1.29, 1.82) is 0 Å². The first kappa shape index (κ1) is 17.3. The van der Waals surface area contributed by atoms with Crippen molar-refractivity contribution >= 4 is 11.9 Å². The minimum atomic E-state index is -1.04. The van der Waals surface area contributed by atoms with Crippen molar-refractivity contribution < 1.29 is 19.4 Å². The lowest BCUT2D eigenvalue weighted by Gasteiger charge is -2.18. The fourth-order valence-corrected chi connectivity index (χ4v) is 2.19. The van der Waals surface area contributed by atoms with Gasteiger partial charge in [-0.2, -0.15) is 0 Å². The van der Waals surface area contributed by atoms with Crippen molar-refractivity contribution in [2.75, 3.05) is 7.11 Å². The molecule has 126 valence electrons. The number of carboxylic acids is 1. The molecule has 1 aromatic heterocycles. The molecule has 1 atom stereocenters. The highest BCUT2D eigenvalue weighted by Crippen LogP contribution is 2.21. The highest BCUT2D eigenvalue weighted by Gasteiger charge is 2.19. The van der Waals surface area contributed by atoms with Gasteiger partial charge in [0.1, 0.15) is 5.75 Å². The molecule has 2 aromatic rings. The number of aryl methyl sites for hydroxylation is 1. The van der Waals surface area contributed by atoms with Gasteiger partial charge in [-0.05, 0) is 23.8 Å². The molecule has 7 nitrogen and oxygen atoms in total. The molecule has 0 bridgehead atoms. The van der Waals surface area contributed by atoms with Gasteiger partial charge in [0.2, 0.25) is 0 Å². The molecule has 7 heteroatoms. The van der Waals surface area contributed by atoms with Crippen LogP contribution in [0.5, 0.6) is 5.75 Å². The van der Waals surface area contributed by atoms with Crippen LogP contribution in [0.15, 0.2) is 47.4 Å². The van der Waals surface area contributed by atoms with Crippen LogP contribution in [0.3, 0.4) is 0 Å². The normalized spacial score (nSPS) is 11.6. The Balaban J connectivity index is 2.23. The molecule has 0 fully saturated rings. The molecule has 1 aromatic carbocycles. The highest BCUT2D eigenvalue weighted by molar-refractivity contribution is 5.94. The minimum absolute atomic E-state index is 0.182. The molecule has 0 saturated carbocycles. The summed E-state index contributed by atoms with van der Waals surface area (Å²) in [6.07, 6.45) is 1.21. The maximum atomic E-state index is 12.3. The summed E-state index contributed by atoms with van der Waals surface area (Å²) in [7, 11) is 3.11. The predicted octanol–water partition coefficient (Wildman–Crippen LogP) is 1.34. The zero-order valence-electron chi connectivity index (χ0n) is 13.4. The Morgan fingerprint density at radius 2 is 1.92 bits per heavy atom. The van der Waals surface area contributed by atoms with Crippen molar-refractivity contribution in [2.24, 2.45) is 7.05 Å². The van der Waals surface area contributed by atoms with E-state index in [0.29, 0.717) is 11.3 Å². The zero-order valence-corrected chi connectivity index (χ0v) is 13.4. The van der Waals surface area contributed by atoms with Crippen molar-refractivity contribution in [3.05, 3.63) is 64.1 Å². The molecule has 1 heterocycles. The number of carbonyl (C=O) groups is 2. The SMILES string of the molecule is COc1ccc(C(CC(=O)O)NC(=O)c2ccn(C)c(=O)c2)cc1. The van der Waals surface area contributed by atoms with Crippen LogP contribution < -0.4 is 15.6 Å². The number of hydrogen-bond acceptors (Lipinski definition) is 4. The Morgan fingerprint density at radius 3 is 2.46 bits per heavy atom. The standard InChI is InChI=1S/C17H18N2O5/c1-19-8-7-12(9-15(19)20)17(23)18-14(10-16(21)22)11-3-5-13(24-2)6-4-11/h3-9,14H,10H2,1-2H3,(H,18,23)(H,21,22). The third kappa shape index (κ3) is 4.22. The topological polar surface area (TPSA) is 97.6 Å². The lowest BCUT2D eigenvalue weighted by Crippen LogP contribution is -2.31. The fourth-order valence-electron chi connectivity index (χ4n) is 2.19. The average Bonchev–Trinajstić information content (AvgIpc) is 2.56. The number of hydrogen-bond donors (Lipinski definition) is 2. The Bertz CT molecular complexity index is 795. The lowest BCUT2D eigenvalue weighted by molar-refractivity contribution is -0.137. The summed E-state index contributed by atoms with van der Waals surface area (Å²) >= 11 is 0. The number of carbonyl (C=O) groups excluding carboxylic acids is 1. The molecule has 2 N–H and O–H groups in total. The van der Waals surface area contributed by atoms with E-state index in [2.05, 4.69) is 5.32 Å². The summed E-state index contributed by atoms with van der Waals surface area (Å²) in [5.74, 6) is -0.916. The van der Waals surface area contributed by atoms with Gasteiger partial charge < -0.3 is 19.7 Å². The van der Waals surface area contributed by atoms with Crippen LogP contribution in [0.4, 0.5) is 0 Å². The summed E-state index contributed by atoms with van der Waals surface area (Å²) in [4.78, 5) is 35.0. The molecule has 2 rings (SSSR count). The van der Waals surface area contributed by atoms with Crippen molar-refractivity contribution in [3.8, 4) is 5.75 Å². The van der Waals surface area contributed by atoms with Gasteiger partial charge in [-0.3, -0.25) is 14.4 Å². The number of amides is 1. The minimum Gasteiger partial charge on any atom is -0.497 e. The summed E-state index contributed by atoms with van der Waals surface area (Å²) in [5, 5.41) is 11.7. The van der Waals surface area contributed by atoms with Crippen molar-refractivity contribution in [1.82, 2.24) is 9.88 Å². The average molecular weight is 330 g/mol. The molecule has 0 aliphatic rings. The van der Waals surface area contributed by atoms with E-state index in [9.17, 15) is 14.4 Å². The summed E-state index contributed by atoms with van der Waals surface area (Å²) in [6.45, 7) is 0. The molecular formula is C17H18N2O5. The second kappa shape index (κ2) is 7.45. The van der Waals surface area contributed by atoms with Gasteiger partial charge in [0.15, 0.2) is 0 Å². The van der Waals surface area contributed by atoms with E-state index in [1.165, 1.54) is 30.0 Å². The Morgan fingerprint density at radius 1 is 1.25 bits per heavy atom. The highest BCUT2D eigenvalue weighted by atomic mass is 16.5. The van der Waals surface area contributed by atoms with E-state index in [1.54, 1.807) is 31.3 Å². The molecular weight excluding hydrogens is 312 g/mol. The van der Waals surface area contributed by atoms with Gasteiger partial charge in [-0.1, -0.05) is 12.1 Å². The lowest BCUT2D eigenvalue weighted by atomic mass is 10.0. The Kier molecular flexibility index (Phi) is 5.36. The molecule has 1 amide bonds. The maximum absolute atomic E-state index is 12.3. The van der Waals surface area contributed by atoms with E-state index in [1.807, 2.05) is 0 Å². The van der Waals surface area contributed by atoms with E-state index in [4.69, 9.17) is 9.84 Å². The second-order valence-corrected chi connectivity index (χ2v) is 5.26. The molecule has 0 radical (unpaired) electrons. The van der Waals surface area contributed by atoms with Crippen LogP contribution in [0.25, 0.3) is 0 Å². The van der Waals surface area contributed by atoms with Crippen LogP contribution in [0.1, 0.15) is 28.4 Å². The quantitative estimate of drug-likeness (QED) is 0.833. The van der Waals surface area contributed by atoms with Gasteiger partial charge in [0, 0.05) is 24.9 Å². The largest absolute Gasteiger partial charge is 0.497 e. The van der Waals surface area contributed by atoms with E-state index < -0.39 is 17.9 Å². The van der Waals surface area contributed by atoms with Crippen LogP contribution in [-0.4, -0.2) is 28.7 Å². The van der Waals surface area contributed by atoms with Gasteiger partial charge in [-0.25, -0.2) is 0 Å². The first-order valence-electron chi connectivity index (χ1n) is 7.24. The first-order valence-corrected chi connectivity index (χ1v) is 7.24. The molecule has 0 spiro atoms. The Hall–Kier alpha value is -3.09. The van der Waals surface area contributed by atoms with Gasteiger partial charge in [0.25, 0.3) is 11.5 Å². The Labute approximate surface area is 138 Å². The number of ether oxygens (including phenoxy) is 1. The third-order valence-electron chi connectivity index (χ3n) is 3.57. The maximum Gasteiger partial charge on any atom is 0.305 e. The molecule has 24 heavy (non-hydrogen) atoms. The third-order valence-corrected chi connectivity index (χ3v) is 3.57. The van der Waals surface area contributed by atoms with E-state index in [-0.39, 0.29) is 17.5 Å². The van der Waals surface area contributed by atoms with E-state index in [0.717, 1.165) is 0 Å². The van der Waals surface area contributed by atoms with E-state index >= 15 is 0 Å². The monoisotopic (exact) mass is 330 g/mol. The number of benzene rings is 1. The predicted molar refractivity (Wildman–Crippen MR) is 87.1 cm³/mol. The van der Waals surface area contributed by atoms with Gasteiger partial charge >= 0.3 is 5.97 Å². The zero-order chi connectivity index (χ0) is 17.7. The summed E-state index contributed by atoms with van der Waals surface area (Å²) in [6, 6.07) is 8.76. The van der Waals surface area contributed by atoms with Crippen LogP contribution >= 0.6 is 0 Å². The number of aromatic nitrogens is 1. The van der Waals surface area contributed by atoms with Crippen LogP contribution in [-0.2, 0) is 11.8 Å². The van der Waals surface area contributed by atoms with Crippen LogP contribution in [0, 0.1) is 0 Å². The van der Waals surface area contributed by atoms with Crippen molar-refractivity contribution in [2.45, 2.75) is 12.5 Å². The van der Waals surface area contributed by atoms with Gasteiger partial charge in [-0.15, -0.1) is 0 Å². The molecule has 0 saturated heterocycles. The van der Waals surface area contributed by atoms with Gasteiger partial charge in [0.05, 0.1) is 19.6 Å². The van der Waals surface area contributed by atoms with Crippen molar-refractivity contribution in [3.63, 3.8) is 0 Å². The first-order chi connectivity index (χ1) is 11.4. The second-order valence-electron chi connectivity index (χ2n) is 5.26. The number of pyridine rings is 1. The molecule has 1 unspecified atom stereocenters. The smallest absolute Gasteiger partial charge is 0.305 e.